The van der Waals surface area contributed by atoms with Gasteiger partial charge in [-0.3, -0.25) is 4.79 Å². The topological polar surface area (TPSA) is 48.0 Å². The van der Waals surface area contributed by atoms with Crippen molar-refractivity contribution in [3.05, 3.63) is 53.6 Å². The van der Waals surface area contributed by atoms with Crippen LogP contribution in [0.4, 0.5) is 0 Å². The lowest BCUT2D eigenvalue weighted by Crippen LogP contribution is -2.49. The molecule has 2 aromatic rings. The van der Waals surface area contributed by atoms with E-state index >= 15 is 0 Å². The van der Waals surface area contributed by atoms with Crippen molar-refractivity contribution in [1.82, 2.24) is 4.90 Å². The normalized spacial score (nSPS) is 18.6. The first-order chi connectivity index (χ1) is 12.0. The number of rotatable bonds is 4. The van der Waals surface area contributed by atoms with E-state index in [2.05, 4.69) is 0 Å². The van der Waals surface area contributed by atoms with E-state index < -0.39 is 6.10 Å². The number of carbonyl (C=O) groups is 1. The minimum atomic E-state index is -0.671. The molecule has 0 unspecified atom stereocenters. The fraction of sp³-hybridized carbons (Fsp3) is 0.350. The lowest BCUT2D eigenvalue weighted by atomic mass is 10.1. The van der Waals surface area contributed by atoms with E-state index in [0.29, 0.717) is 18.0 Å². The summed E-state index contributed by atoms with van der Waals surface area (Å²) in [5.41, 5.74) is 2.08. The molecule has 2 atom stereocenters. The summed E-state index contributed by atoms with van der Waals surface area (Å²) >= 11 is 0. The number of hydrogen-bond acceptors (Lipinski definition) is 4. The molecule has 0 aliphatic carbocycles. The molecule has 25 heavy (non-hydrogen) atoms. The maximum Gasteiger partial charge on any atom is 0.267 e. The molecule has 5 nitrogen and oxygen atoms in total. The van der Waals surface area contributed by atoms with Gasteiger partial charge in [0.2, 0.25) is 6.10 Å². The third-order valence-corrected chi connectivity index (χ3v) is 4.31. The van der Waals surface area contributed by atoms with Gasteiger partial charge in [0, 0.05) is 19.2 Å². The van der Waals surface area contributed by atoms with Crippen LogP contribution in [0.1, 0.15) is 18.1 Å². The lowest BCUT2D eigenvalue weighted by molar-refractivity contribution is -0.143. The van der Waals surface area contributed by atoms with Gasteiger partial charge >= 0.3 is 0 Å². The second-order valence-electron chi connectivity index (χ2n) is 6.32. The lowest BCUT2D eigenvalue weighted by Gasteiger charge is -2.33. The predicted octanol–water partition coefficient (Wildman–Crippen LogP) is 3.19. The van der Waals surface area contributed by atoms with Gasteiger partial charge in [-0.1, -0.05) is 29.8 Å². The van der Waals surface area contributed by atoms with Crippen molar-refractivity contribution in [2.75, 3.05) is 14.2 Å². The number of ether oxygens (including phenoxy) is 3. The van der Waals surface area contributed by atoms with Crippen LogP contribution in [0.25, 0.3) is 0 Å². The van der Waals surface area contributed by atoms with Crippen molar-refractivity contribution in [3.8, 4) is 17.2 Å². The quantitative estimate of drug-likeness (QED) is 0.857. The molecule has 0 N–H and O–H groups in total. The van der Waals surface area contributed by atoms with Crippen molar-refractivity contribution >= 4 is 5.91 Å². The number of fused-ring (bicyclic) bond motifs is 1. The molecule has 1 aliphatic rings. The maximum absolute atomic E-state index is 12.9. The number of methoxy groups -OCH3 is 1. The number of amides is 1. The van der Waals surface area contributed by atoms with Crippen LogP contribution < -0.4 is 14.2 Å². The summed E-state index contributed by atoms with van der Waals surface area (Å²) in [7, 11) is 3.40. The summed E-state index contributed by atoms with van der Waals surface area (Å²) in [6.07, 6.45) is -1.03. The van der Waals surface area contributed by atoms with E-state index in [4.69, 9.17) is 14.2 Å². The minimum Gasteiger partial charge on any atom is -0.496 e. The standard InChI is InChI=1S/C20H23NO4/c1-13-9-10-16(23-4)15(11-13)12-21(3)20(22)19-14(2)24-17-7-5-6-8-18(17)25-19/h5-11,14,19H,12H2,1-4H3/t14-,19+/m1/s1. The molecular weight excluding hydrogens is 318 g/mol. The summed E-state index contributed by atoms with van der Waals surface area (Å²) in [5.74, 6) is 1.91. The third kappa shape index (κ3) is 3.55. The zero-order valence-electron chi connectivity index (χ0n) is 15.0. The molecule has 0 aromatic heterocycles. The van der Waals surface area contributed by atoms with Gasteiger partial charge in [0.15, 0.2) is 11.5 Å². The summed E-state index contributed by atoms with van der Waals surface area (Å²) in [4.78, 5) is 14.5. The largest absolute Gasteiger partial charge is 0.496 e. The first-order valence-electron chi connectivity index (χ1n) is 8.30. The van der Waals surface area contributed by atoms with Crippen LogP contribution in [-0.2, 0) is 11.3 Å². The number of aryl methyl sites for hydroxylation is 1. The summed E-state index contributed by atoms with van der Waals surface area (Å²) < 4.78 is 17.1. The zero-order chi connectivity index (χ0) is 18.0. The first kappa shape index (κ1) is 17.1. The minimum absolute atomic E-state index is 0.120. The molecule has 0 saturated carbocycles. The van der Waals surface area contributed by atoms with Gasteiger partial charge in [-0.05, 0) is 32.0 Å². The molecule has 1 heterocycles. The van der Waals surface area contributed by atoms with Crippen LogP contribution in [-0.4, -0.2) is 37.2 Å². The maximum atomic E-state index is 12.9. The Bertz CT molecular complexity index is 774. The van der Waals surface area contributed by atoms with E-state index in [0.717, 1.165) is 16.9 Å². The van der Waals surface area contributed by atoms with Crippen LogP contribution >= 0.6 is 0 Å². The van der Waals surface area contributed by atoms with E-state index in [-0.39, 0.29) is 12.0 Å². The molecule has 0 saturated heterocycles. The summed E-state index contributed by atoms with van der Waals surface area (Å²) in [6, 6.07) is 13.3. The number of hydrogen-bond donors (Lipinski definition) is 0. The van der Waals surface area contributed by atoms with Crippen LogP contribution in [0.15, 0.2) is 42.5 Å². The SMILES string of the molecule is COc1ccc(C)cc1CN(C)C(=O)[C@H]1Oc2ccccc2O[C@@H]1C. The van der Waals surface area contributed by atoms with E-state index in [1.54, 1.807) is 19.1 Å². The van der Waals surface area contributed by atoms with Gasteiger partial charge in [-0.25, -0.2) is 0 Å². The third-order valence-electron chi connectivity index (χ3n) is 4.31. The summed E-state index contributed by atoms with van der Waals surface area (Å²) in [6.45, 7) is 4.30. The highest BCUT2D eigenvalue weighted by Crippen LogP contribution is 2.34. The van der Waals surface area contributed by atoms with Crippen LogP contribution in [0.3, 0.4) is 0 Å². The Balaban J connectivity index is 1.76. The number of likely N-dealkylation sites (N-methyl/N-ethyl adjacent to an activating group) is 1. The fourth-order valence-electron chi connectivity index (χ4n) is 2.97. The molecular formula is C20H23NO4. The second kappa shape index (κ2) is 7.05. The Morgan fingerprint density at radius 2 is 1.84 bits per heavy atom. The first-order valence-corrected chi connectivity index (χ1v) is 8.30. The van der Waals surface area contributed by atoms with Crippen LogP contribution in [0.2, 0.25) is 0 Å². The number of para-hydroxylation sites is 2. The molecule has 1 amide bonds. The molecule has 0 fully saturated rings. The van der Waals surface area contributed by atoms with Crippen molar-refractivity contribution in [3.63, 3.8) is 0 Å². The Kier molecular flexibility index (Phi) is 4.83. The fourth-order valence-corrected chi connectivity index (χ4v) is 2.97. The number of carbonyl (C=O) groups excluding carboxylic acids is 1. The number of nitrogens with zero attached hydrogens (tertiary/aromatic N) is 1. The molecule has 2 aromatic carbocycles. The summed E-state index contributed by atoms with van der Waals surface area (Å²) in [5, 5.41) is 0. The molecule has 1 aliphatic heterocycles. The van der Waals surface area contributed by atoms with Crippen LogP contribution in [0.5, 0.6) is 17.2 Å². The van der Waals surface area contributed by atoms with Crippen molar-refractivity contribution < 1.29 is 19.0 Å². The predicted molar refractivity (Wildman–Crippen MR) is 95.2 cm³/mol. The highest BCUT2D eigenvalue weighted by molar-refractivity contribution is 5.82. The van der Waals surface area contributed by atoms with Gasteiger partial charge < -0.3 is 19.1 Å². The highest BCUT2D eigenvalue weighted by atomic mass is 16.6. The van der Waals surface area contributed by atoms with Gasteiger partial charge in [-0.15, -0.1) is 0 Å². The molecule has 5 heteroatoms. The monoisotopic (exact) mass is 341 g/mol. The van der Waals surface area contributed by atoms with Crippen molar-refractivity contribution in [2.45, 2.75) is 32.6 Å². The molecule has 0 spiro atoms. The average Bonchev–Trinajstić information content (AvgIpc) is 2.60. The Morgan fingerprint density at radius 1 is 1.16 bits per heavy atom. The smallest absolute Gasteiger partial charge is 0.267 e. The molecule has 0 radical (unpaired) electrons. The van der Waals surface area contributed by atoms with Gasteiger partial charge in [-0.2, -0.15) is 0 Å². The van der Waals surface area contributed by atoms with E-state index in [1.807, 2.05) is 56.3 Å². The van der Waals surface area contributed by atoms with Gasteiger partial charge in [0.1, 0.15) is 11.9 Å². The van der Waals surface area contributed by atoms with Crippen molar-refractivity contribution in [1.29, 1.82) is 0 Å². The Morgan fingerprint density at radius 3 is 2.52 bits per heavy atom. The Hall–Kier alpha value is -2.69. The van der Waals surface area contributed by atoms with Crippen LogP contribution in [0, 0.1) is 6.92 Å². The zero-order valence-corrected chi connectivity index (χ0v) is 15.0. The van der Waals surface area contributed by atoms with E-state index in [1.165, 1.54) is 0 Å². The molecule has 3 rings (SSSR count). The number of benzene rings is 2. The molecule has 132 valence electrons. The Labute approximate surface area is 148 Å². The second-order valence-corrected chi connectivity index (χ2v) is 6.32. The highest BCUT2D eigenvalue weighted by Gasteiger charge is 2.35. The average molecular weight is 341 g/mol. The van der Waals surface area contributed by atoms with Gasteiger partial charge in [0.25, 0.3) is 5.91 Å². The van der Waals surface area contributed by atoms with E-state index in [9.17, 15) is 4.79 Å². The van der Waals surface area contributed by atoms with Gasteiger partial charge in [0.05, 0.1) is 7.11 Å². The molecule has 0 bridgehead atoms. The van der Waals surface area contributed by atoms with Crippen molar-refractivity contribution in [2.24, 2.45) is 0 Å².